The SMILES string of the molecule is Cc1ccccc1NC(=O)CSc1nc2ccc(NC(=O)Nc3cccc(Cl)c3)cc2s1. The van der Waals surface area contributed by atoms with E-state index in [4.69, 9.17) is 11.6 Å². The third-order valence-electron chi connectivity index (χ3n) is 4.46. The van der Waals surface area contributed by atoms with E-state index >= 15 is 0 Å². The third kappa shape index (κ3) is 5.79. The monoisotopic (exact) mass is 482 g/mol. The number of benzene rings is 3. The summed E-state index contributed by atoms with van der Waals surface area (Å²) in [5, 5.41) is 9.03. The maximum atomic E-state index is 12.3. The number of para-hydroxylation sites is 1. The Labute approximate surface area is 198 Å². The second kappa shape index (κ2) is 10.0. The molecule has 0 atom stereocenters. The van der Waals surface area contributed by atoms with Gasteiger partial charge in [0, 0.05) is 22.1 Å². The number of aryl methyl sites for hydroxylation is 1. The average Bonchev–Trinajstić information content (AvgIpc) is 3.16. The fourth-order valence-corrected chi connectivity index (χ4v) is 5.03. The third-order valence-corrected chi connectivity index (χ3v) is 6.85. The number of aromatic nitrogens is 1. The van der Waals surface area contributed by atoms with E-state index in [9.17, 15) is 9.59 Å². The molecule has 9 heteroatoms. The molecule has 0 unspecified atom stereocenters. The molecule has 0 spiro atoms. The van der Waals surface area contributed by atoms with Crippen molar-refractivity contribution in [2.45, 2.75) is 11.3 Å². The molecule has 3 N–H and O–H groups in total. The minimum absolute atomic E-state index is 0.0800. The molecule has 162 valence electrons. The van der Waals surface area contributed by atoms with Crippen molar-refractivity contribution in [1.29, 1.82) is 0 Å². The molecule has 0 saturated heterocycles. The van der Waals surface area contributed by atoms with Crippen LogP contribution in [-0.2, 0) is 4.79 Å². The first-order valence-corrected chi connectivity index (χ1v) is 11.9. The number of nitrogens with one attached hydrogen (secondary N) is 3. The molecule has 32 heavy (non-hydrogen) atoms. The highest BCUT2D eigenvalue weighted by Crippen LogP contribution is 2.31. The van der Waals surface area contributed by atoms with Crippen LogP contribution in [0.5, 0.6) is 0 Å². The van der Waals surface area contributed by atoms with Gasteiger partial charge in [0.15, 0.2) is 4.34 Å². The number of nitrogens with zero attached hydrogens (tertiary/aromatic N) is 1. The van der Waals surface area contributed by atoms with Crippen molar-refractivity contribution >= 4 is 73.9 Å². The second-order valence-corrected chi connectivity index (χ2v) is 9.59. The van der Waals surface area contributed by atoms with Crippen molar-refractivity contribution in [2.24, 2.45) is 0 Å². The van der Waals surface area contributed by atoms with E-state index in [1.54, 1.807) is 30.3 Å². The lowest BCUT2D eigenvalue weighted by atomic mass is 10.2. The predicted molar refractivity (Wildman–Crippen MR) is 134 cm³/mol. The van der Waals surface area contributed by atoms with Gasteiger partial charge in [-0.1, -0.05) is 47.6 Å². The summed E-state index contributed by atoms with van der Waals surface area (Å²) in [7, 11) is 0. The molecule has 1 aromatic heterocycles. The van der Waals surface area contributed by atoms with Crippen LogP contribution in [0.4, 0.5) is 21.9 Å². The van der Waals surface area contributed by atoms with Crippen molar-refractivity contribution in [3.63, 3.8) is 0 Å². The molecular formula is C23H19ClN4O2S2. The topological polar surface area (TPSA) is 83.1 Å². The lowest BCUT2D eigenvalue weighted by Crippen LogP contribution is -2.19. The van der Waals surface area contributed by atoms with Crippen molar-refractivity contribution in [3.05, 3.63) is 77.3 Å². The average molecular weight is 483 g/mol. The van der Waals surface area contributed by atoms with Gasteiger partial charge in [-0.05, 0) is 55.0 Å². The van der Waals surface area contributed by atoms with Crippen LogP contribution in [0.25, 0.3) is 10.2 Å². The van der Waals surface area contributed by atoms with Gasteiger partial charge in [-0.15, -0.1) is 11.3 Å². The van der Waals surface area contributed by atoms with Crippen LogP contribution in [0.15, 0.2) is 71.1 Å². The Morgan fingerprint density at radius 3 is 2.53 bits per heavy atom. The number of carbonyl (C=O) groups is 2. The quantitative estimate of drug-likeness (QED) is 0.269. The van der Waals surface area contributed by atoms with Crippen LogP contribution >= 0.6 is 34.7 Å². The Hall–Kier alpha value is -3.07. The molecule has 3 aromatic carbocycles. The summed E-state index contributed by atoms with van der Waals surface area (Å²) in [5.74, 6) is 0.185. The number of carbonyl (C=O) groups excluding carboxylic acids is 2. The van der Waals surface area contributed by atoms with Crippen LogP contribution in [0.1, 0.15) is 5.56 Å². The number of amides is 3. The van der Waals surface area contributed by atoms with Gasteiger partial charge in [-0.25, -0.2) is 9.78 Å². The normalized spacial score (nSPS) is 10.7. The fourth-order valence-electron chi connectivity index (χ4n) is 2.93. The lowest BCUT2D eigenvalue weighted by Gasteiger charge is -2.07. The molecule has 1 heterocycles. The Morgan fingerprint density at radius 2 is 1.75 bits per heavy atom. The molecule has 0 radical (unpaired) electrons. The van der Waals surface area contributed by atoms with Crippen molar-refractivity contribution in [3.8, 4) is 0 Å². The summed E-state index contributed by atoms with van der Waals surface area (Å²) in [6.45, 7) is 1.96. The maximum Gasteiger partial charge on any atom is 0.323 e. The minimum atomic E-state index is -0.362. The number of fused-ring (bicyclic) bond motifs is 1. The molecule has 0 bridgehead atoms. The van der Waals surface area contributed by atoms with Crippen LogP contribution < -0.4 is 16.0 Å². The Bertz CT molecular complexity index is 1290. The predicted octanol–water partition coefficient (Wildman–Crippen LogP) is 6.63. The standard InChI is InChI=1S/C23H19ClN4O2S2/c1-14-5-2-3-8-18(14)27-21(29)13-31-23-28-19-10-9-17(12-20(19)32-23)26-22(30)25-16-7-4-6-15(24)11-16/h2-12H,13H2,1H3,(H,27,29)(H2,25,26,30). The van der Waals surface area contributed by atoms with Crippen molar-refractivity contribution in [2.75, 3.05) is 21.7 Å². The molecule has 4 aromatic rings. The number of thiazole rings is 1. The summed E-state index contributed by atoms with van der Waals surface area (Å²) in [5.41, 5.74) is 3.91. The van der Waals surface area contributed by atoms with E-state index in [2.05, 4.69) is 20.9 Å². The molecule has 0 saturated carbocycles. The summed E-state index contributed by atoms with van der Waals surface area (Å²) in [6.07, 6.45) is 0. The summed E-state index contributed by atoms with van der Waals surface area (Å²) in [4.78, 5) is 29.1. The summed E-state index contributed by atoms with van der Waals surface area (Å²) in [6, 6.07) is 19.7. The summed E-state index contributed by atoms with van der Waals surface area (Å²) < 4.78 is 1.72. The van der Waals surface area contributed by atoms with Gasteiger partial charge in [-0.3, -0.25) is 4.79 Å². The summed E-state index contributed by atoms with van der Waals surface area (Å²) >= 11 is 8.81. The molecule has 0 aliphatic carbocycles. The van der Waals surface area contributed by atoms with Gasteiger partial charge < -0.3 is 16.0 Å². The first-order valence-electron chi connectivity index (χ1n) is 9.69. The smallest absolute Gasteiger partial charge is 0.323 e. The second-order valence-electron chi connectivity index (χ2n) is 6.90. The molecule has 4 rings (SSSR count). The molecule has 6 nitrogen and oxygen atoms in total. The molecular weight excluding hydrogens is 464 g/mol. The molecule has 0 fully saturated rings. The van der Waals surface area contributed by atoms with E-state index in [1.165, 1.54) is 23.1 Å². The van der Waals surface area contributed by atoms with E-state index in [0.29, 0.717) is 16.4 Å². The highest BCUT2D eigenvalue weighted by molar-refractivity contribution is 8.01. The lowest BCUT2D eigenvalue weighted by molar-refractivity contribution is -0.113. The van der Waals surface area contributed by atoms with Gasteiger partial charge in [0.2, 0.25) is 5.91 Å². The zero-order valence-electron chi connectivity index (χ0n) is 17.0. The maximum absolute atomic E-state index is 12.3. The number of hydrogen-bond donors (Lipinski definition) is 3. The van der Waals surface area contributed by atoms with Gasteiger partial charge in [0.25, 0.3) is 0 Å². The minimum Gasteiger partial charge on any atom is -0.325 e. The number of halogens is 1. The van der Waals surface area contributed by atoms with E-state index in [1.807, 2.05) is 43.3 Å². The first-order chi connectivity index (χ1) is 15.5. The number of anilines is 3. The van der Waals surface area contributed by atoms with Gasteiger partial charge in [0.1, 0.15) is 0 Å². The number of urea groups is 1. The highest BCUT2D eigenvalue weighted by Gasteiger charge is 2.11. The number of rotatable bonds is 6. The van der Waals surface area contributed by atoms with Crippen LogP contribution in [0.2, 0.25) is 5.02 Å². The highest BCUT2D eigenvalue weighted by atomic mass is 35.5. The van der Waals surface area contributed by atoms with Gasteiger partial charge in [0.05, 0.1) is 16.0 Å². The fraction of sp³-hybridized carbons (Fsp3) is 0.0870. The zero-order chi connectivity index (χ0) is 22.5. The van der Waals surface area contributed by atoms with Crippen LogP contribution in [0.3, 0.4) is 0 Å². The molecule has 0 aliphatic rings. The molecule has 0 aliphatic heterocycles. The Balaban J connectivity index is 1.35. The number of hydrogen-bond acceptors (Lipinski definition) is 5. The Kier molecular flexibility index (Phi) is 6.94. The van der Waals surface area contributed by atoms with Crippen LogP contribution in [0, 0.1) is 6.92 Å². The molecule has 3 amide bonds. The first kappa shape index (κ1) is 22.1. The number of thioether (sulfide) groups is 1. The largest absolute Gasteiger partial charge is 0.325 e. The van der Waals surface area contributed by atoms with Gasteiger partial charge in [-0.2, -0.15) is 0 Å². The van der Waals surface area contributed by atoms with Crippen LogP contribution in [-0.4, -0.2) is 22.7 Å². The van der Waals surface area contributed by atoms with E-state index in [-0.39, 0.29) is 17.7 Å². The van der Waals surface area contributed by atoms with Gasteiger partial charge >= 0.3 is 6.03 Å². The zero-order valence-corrected chi connectivity index (χ0v) is 19.4. The van der Waals surface area contributed by atoms with E-state index < -0.39 is 0 Å². The Morgan fingerprint density at radius 1 is 0.969 bits per heavy atom. The van der Waals surface area contributed by atoms with E-state index in [0.717, 1.165) is 25.8 Å². The van der Waals surface area contributed by atoms with Crippen molar-refractivity contribution < 1.29 is 9.59 Å². The van der Waals surface area contributed by atoms with Crippen molar-refractivity contribution in [1.82, 2.24) is 4.98 Å².